The molecule has 0 aromatic heterocycles. The van der Waals surface area contributed by atoms with Crippen molar-refractivity contribution in [2.24, 2.45) is 11.8 Å². The van der Waals surface area contributed by atoms with Gasteiger partial charge in [-0.2, -0.15) is 0 Å². The standard InChI is InChI=1S/C14H28N2O3/c1-6-9(3)8-11(5)15-14(19)16-12(13(17)18)10(4)7-2/h9-12H,6-8H2,1-5H3,(H,17,18)(H2,15,16,19)/t9?,10-,11?,12-/m0/s1. The summed E-state index contributed by atoms with van der Waals surface area (Å²) in [6, 6.07) is -1.19. The first-order valence-corrected chi connectivity index (χ1v) is 7.11. The monoisotopic (exact) mass is 272 g/mol. The Bertz CT molecular complexity index is 294. The zero-order chi connectivity index (χ0) is 15.0. The third kappa shape index (κ3) is 7.03. The van der Waals surface area contributed by atoms with Crippen molar-refractivity contribution in [3.63, 3.8) is 0 Å². The Morgan fingerprint density at radius 1 is 1.05 bits per heavy atom. The summed E-state index contributed by atoms with van der Waals surface area (Å²) in [5, 5.41) is 14.4. The molecule has 0 radical (unpaired) electrons. The van der Waals surface area contributed by atoms with Crippen LogP contribution in [0.2, 0.25) is 0 Å². The largest absolute Gasteiger partial charge is 0.480 e. The van der Waals surface area contributed by atoms with E-state index >= 15 is 0 Å². The highest BCUT2D eigenvalue weighted by molar-refractivity contribution is 5.82. The lowest BCUT2D eigenvalue weighted by Crippen LogP contribution is -2.51. The molecule has 5 heteroatoms. The number of carboxylic acids is 1. The molecule has 2 unspecified atom stereocenters. The average Bonchev–Trinajstić information content (AvgIpc) is 2.34. The molecule has 3 N–H and O–H groups in total. The van der Waals surface area contributed by atoms with Gasteiger partial charge in [0.1, 0.15) is 6.04 Å². The second-order valence-electron chi connectivity index (χ2n) is 5.47. The molecule has 0 saturated heterocycles. The fourth-order valence-corrected chi connectivity index (χ4v) is 1.92. The molecule has 0 fully saturated rings. The summed E-state index contributed by atoms with van der Waals surface area (Å²) in [6.45, 7) is 9.91. The second-order valence-corrected chi connectivity index (χ2v) is 5.47. The molecular formula is C14H28N2O3. The number of carbonyl (C=O) groups is 2. The summed E-state index contributed by atoms with van der Waals surface area (Å²) in [7, 11) is 0. The molecule has 5 nitrogen and oxygen atoms in total. The van der Waals surface area contributed by atoms with Crippen LogP contribution < -0.4 is 10.6 Å². The molecule has 0 heterocycles. The highest BCUT2D eigenvalue weighted by Gasteiger charge is 2.25. The lowest BCUT2D eigenvalue weighted by molar-refractivity contribution is -0.140. The van der Waals surface area contributed by atoms with Gasteiger partial charge in [0.15, 0.2) is 0 Å². The van der Waals surface area contributed by atoms with Gasteiger partial charge in [-0.1, -0.05) is 40.5 Å². The minimum atomic E-state index is -0.987. The lowest BCUT2D eigenvalue weighted by atomic mass is 9.99. The summed E-state index contributed by atoms with van der Waals surface area (Å²) in [4.78, 5) is 22.9. The maximum Gasteiger partial charge on any atom is 0.326 e. The number of rotatable bonds is 8. The number of urea groups is 1. The number of hydrogen-bond acceptors (Lipinski definition) is 2. The van der Waals surface area contributed by atoms with E-state index in [2.05, 4.69) is 24.5 Å². The van der Waals surface area contributed by atoms with E-state index in [-0.39, 0.29) is 12.0 Å². The van der Waals surface area contributed by atoms with Gasteiger partial charge in [0.05, 0.1) is 0 Å². The Morgan fingerprint density at radius 3 is 2.05 bits per heavy atom. The van der Waals surface area contributed by atoms with E-state index in [9.17, 15) is 9.59 Å². The van der Waals surface area contributed by atoms with Crippen LogP contribution in [-0.2, 0) is 4.79 Å². The van der Waals surface area contributed by atoms with Gasteiger partial charge in [-0.25, -0.2) is 9.59 Å². The maximum absolute atomic E-state index is 11.8. The summed E-state index contributed by atoms with van der Waals surface area (Å²) in [5.41, 5.74) is 0. The number of aliphatic carboxylic acids is 1. The van der Waals surface area contributed by atoms with Crippen molar-refractivity contribution in [1.82, 2.24) is 10.6 Å². The Balaban J connectivity index is 4.30. The van der Waals surface area contributed by atoms with E-state index in [1.807, 2.05) is 20.8 Å². The number of hydrogen-bond donors (Lipinski definition) is 3. The van der Waals surface area contributed by atoms with Crippen molar-refractivity contribution in [2.45, 2.75) is 66.0 Å². The van der Waals surface area contributed by atoms with Crippen molar-refractivity contribution >= 4 is 12.0 Å². The first-order valence-electron chi connectivity index (χ1n) is 7.11. The Labute approximate surface area is 116 Å². The van der Waals surface area contributed by atoms with Crippen LogP contribution in [-0.4, -0.2) is 29.2 Å². The van der Waals surface area contributed by atoms with Crippen molar-refractivity contribution in [3.8, 4) is 0 Å². The van der Waals surface area contributed by atoms with E-state index < -0.39 is 18.0 Å². The van der Waals surface area contributed by atoms with Crippen LogP contribution in [0, 0.1) is 11.8 Å². The molecular weight excluding hydrogens is 244 g/mol. The van der Waals surface area contributed by atoms with E-state index in [0.717, 1.165) is 12.8 Å². The average molecular weight is 272 g/mol. The van der Waals surface area contributed by atoms with Crippen LogP contribution in [0.3, 0.4) is 0 Å². The normalized spacial score (nSPS) is 17.1. The first kappa shape index (κ1) is 17.7. The Hall–Kier alpha value is -1.26. The molecule has 0 bridgehead atoms. The Morgan fingerprint density at radius 2 is 1.63 bits per heavy atom. The van der Waals surface area contributed by atoms with E-state index in [1.54, 1.807) is 0 Å². The zero-order valence-electron chi connectivity index (χ0n) is 12.7. The second kappa shape index (κ2) is 8.77. The van der Waals surface area contributed by atoms with Gasteiger partial charge in [0.2, 0.25) is 0 Å². The third-order valence-corrected chi connectivity index (χ3v) is 3.60. The SMILES string of the molecule is CCC(C)CC(C)NC(=O)N[C@H](C(=O)O)[C@@H](C)CC. The highest BCUT2D eigenvalue weighted by Crippen LogP contribution is 2.10. The van der Waals surface area contributed by atoms with E-state index in [4.69, 9.17) is 5.11 Å². The smallest absolute Gasteiger partial charge is 0.326 e. The van der Waals surface area contributed by atoms with Crippen molar-refractivity contribution in [2.75, 3.05) is 0 Å². The first-order chi connectivity index (χ1) is 8.81. The van der Waals surface area contributed by atoms with Crippen LogP contribution in [0.1, 0.15) is 53.9 Å². The fraction of sp³-hybridized carbons (Fsp3) is 0.857. The molecule has 112 valence electrons. The molecule has 19 heavy (non-hydrogen) atoms. The molecule has 2 amide bonds. The number of amides is 2. The molecule has 0 rings (SSSR count). The fourth-order valence-electron chi connectivity index (χ4n) is 1.92. The van der Waals surface area contributed by atoms with Gasteiger partial charge in [-0.15, -0.1) is 0 Å². The van der Waals surface area contributed by atoms with E-state index in [1.165, 1.54) is 0 Å². The van der Waals surface area contributed by atoms with Crippen LogP contribution in [0.4, 0.5) is 4.79 Å². The molecule has 0 aliphatic rings. The lowest BCUT2D eigenvalue weighted by Gasteiger charge is -2.23. The van der Waals surface area contributed by atoms with Crippen molar-refractivity contribution in [1.29, 1.82) is 0 Å². The molecule has 0 aromatic carbocycles. The predicted molar refractivity (Wildman–Crippen MR) is 76.1 cm³/mol. The van der Waals surface area contributed by atoms with Crippen LogP contribution in [0.25, 0.3) is 0 Å². The van der Waals surface area contributed by atoms with Gasteiger partial charge in [0.25, 0.3) is 0 Å². The van der Waals surface area contributed by atoms with Crippen LogP contribution in [0.15, 0.2) is 0 Å². The predicted octanol–water partition coefficient (Wildman–Crippen LogP) is 2.61. The van der Waals surface area contributed by atoms with Gasteiger partial charge in [0, 0.05) is 6.04 Å². The third-order valence-electron chi connectivity index (χ3n) is 3.60. The van der Waals surface area contributed by atoms with E-state index in [0.29, 0.717) is 12.3 Å². The zero-order valence-corrected chi connectivity index (χ0v) is 12.7. The summed E-state index contributed by atoms with van der Waals surface area (Å²) in [5.74, 6) is -0.535. The van der Waals surface area contributed by atoms with Crippen molar-refractivity contribution in [3.05, 3.63) is 0 Å². The van der Waals surface area contributed by atoms with Gasteiger partial charge in [-0.05, 0) is 25.2 Å². The highest BCUT2D eigenvalue weighted by atomic mass is 16.4. The Kier molecular flexibility index (Phi) is 8.19. The molecule has 4 atom stereocenters. The van der Waals surface area contributed by atoms with Gasteiger partial charge in [-0.3, -0.25) is 0 Å². The molecule has 0 aliphatic heterocycles. The summed E-state index contributed by atoms with van der Waals surface area (Å²) >= 11 is 0. The van der Waals surface area contributed by atoms with Crippen molar-refractivity contribution < 1.29 is 14.7 Å². The number of carbonyl (C=O) groups excluding carboxylic acids is 1. The van der Waals surface area contributed by atoms with Crippen LogP contribution >= 0.6 is 0 Å². The number of carboxylic acid groups (broad SMARTS) is 1. The summed E-state index contributed by atoms with van der Waals surface area (Å²) in [6.07, 6.45) is 2.67. The quantitative estimate of drug-likeness (QED) is 0.635. The summed E-state index contributed by atoms with van der Waals surface area (Å²) < 4.78 is 0. The molecule has 0 spiro atoms. The van der Waals surface area contributed by atoms with Gasteiger partial charge < -0.3 is 15.7 Å². The minimum absolute atomic E-state index is 0.0429. The number of nitrogens with one attached hydrogen (secondary N) is 2. The molecule has 0 aliphatic carbocycles. The topological polar surface area (TPSA) is 78.4 Å². The van der Waals surface area contributed by atoms with Gasteiger partial charge >= 0.3 is 12.0 Å². The molecule has 0 saturated carbocycles. The van der Waals surface area contributed by atoms with Crippen LogP contribution in [0.5, 0.6) is 0 Å². The maximum atomic E-state index is 11.8. The minimum Gasteiger partial charge on any atom is -0.480 e. The molecule has 0 aromatic rings.